The van der Waals surface area contributed by atoms with Gasteiger partial charge in [0, 0.05) is 18.3 Å². The van der Waals surface area contributed by atoms with Gasteiger partial charge in [-0.25, -0.2) is 0 Å². The highest BCUT2D eigenvalue weighted by atomic mass is 32.2. The summed E-state index contributed by atoms with van der Waals surface area (Å²) in [5.41, 5.74) is 4.66. The molecule has 0 unspecified atom stereocenters. The molecule has 162 valence electrons. The molecule has 0 aliphatic heterocycles. The molecule has 0 aromatic heterocycles. The van der Waals surface area contributed by atoms with Crippen LogP contribution >= 0.6 is 11.8 Å². The molecule has 2 rings (SSSR count). The van der Waals surface area contributed by atoms with Crippen LogP contribution in [0.3, 0.4) is 0 Å². The predicted octanol–water partition coefficient (Wildman–Crippen LogP) is 4.87. The zero-order valence-corrected chi connectivity index (χ0v) is 19.6. The summed E-state index contributed by atoms with van der Waals surface area (Å²) in [7, 11) is 0. The van der Waals surface area contributed by atoms with Gasteiger partial charge in [0.05, 0.1) is 5.75 Å². The van der Waals surface area contributed by atoms with Crippen molar-refractivity contribution in [3.8, 4) is 0 Å². The number of hydrogen-bond donors (Lipinski definition) is 1. The molecule has 0 saturated carbocycles. The van der Waals surface area contributed by atoms with Gasteiger partial charge in [-0.3, -0.25) is 9.59 Å². The van der Waals surface area contributed by atoms with E-state index in [2.05, 4.69) is 24.4 Å². The molecule has 0 heterocycles. The second-order valence-electron chi connectivity index (χ2n) is 7.86. The SMILES string of the molecule is CC[C@@H](C)NC(=O)[C@H](C)N(Cc1ccccc1C)C(=O)CSCc1ccccc1C. The Morgan fingerprint density at radius 1 is 0.967 bits per heavy atom. The van der Waals surface area contributed by atoms with E-state index < -0.39 is 6.04 Å². The highest BCUT2D eigenvalue weighted by Crippen LogP contribution is 2.19. The lowest BCUT2D eigenvalue weighted by Crippen LogP contribution is -2.50. The fourth-order valence-electron chi connectivity index (χ4n) is 3.12. The lowest BCUT2D eigenvalue weighted by molar-refractivity contribution is -0.138. The van der Waals surface area contributed by atoms with Gasteiger partial charge in [-0.1, -0.05) is 55.5 Å². The van der Waals surface area contributed by atoms with Gasteiger partial charge in [-0.15, -0.1) is 11.8 Å². The Labute approximate surface area is 185 Å². The van der Waals surface area contributed by atoms with Crippen molar-refractivity contribution in [2.45, 2.75) is 65.4 Å². The van der Waals surface area contributed by atoms with Crippen LogP contribution in [-0.2, 0) is 21.9 Å². The smallest absolute Gasteiger partial charge is 0.242 e. The van der Waals surface area contributed by atoms with Crippen molar-refractivity contribution < 1.29 is 9.59 Å². The van der Waals surface area contributed by atoms with Crippen LogP contribution in [0.15, 0.2) is 48.5 Å². The van der Waals surface area contributed by atoms with Crippen molar-refractivity contribution >= 4 is 23.6 Å². The molecule has 2 aromatic carbocycles. The van der Waals surface area contributed by atoms with Crippen LogP contribution in [0.2, 0.25) is 0 Å². The minimum Gasteiger partial charge on any atom is -0.352 e. The number of amides is 2. The van der Waals surface area contributed by atoms with Crippen LogP contribution in [0.5, 0.6) is 0 Å². The van der Waals surface area contributed by atoms with Crippen LogP contribution in [0, 0.1) is 13.8 Å². The molecule has 2 amide bonds. The van der Waals surface area contributed by atoms with E-state index in [4.69, 9.17) is 0 Å². The van der Waals surface area contributed by atoms with Crippen molar-refractivity contribution in [2.75, 3.05) is 5.75 Å². The molecule has 0 aliphatic rings. The molecule has 0 saturated heterocycles. The summed E-state index contributed by atoms with van der Waals surface area (Å²) in [5, 5.41) is 3.01. The third kappa shape index (κ3) is 6.91. The predicted molar refractivity (Wildman–Crippen MR) is 126 cm³/mol. The molecule has 5 heteroatoms. The molecule has 2 atom stereocenters. The fourth-order valence-corrected chi connectivity index (χ4v) is 4.11. The average Bonchev–Trinajstić information content (AvgIpc) is 2.73. The second-order valence-corrected chi connectivity index (χ2v) is 8.85. The molecule has 2 aromatic rings. The van der Waals surface area contributed by atoms with Crippen LogP contribution in [-0.4, -0.2) is 34.6 Å². The summed E-state index contributed by atoms with van der Waals surface area (Å²) in [5.74, 6) is 1.02. The van der Waals surface area contributed by atoms with Gasteiger partial charge in [0.25, 0.3) is 0 Å². The summed E-state index contributed by atoms with van der Waals surface area (Å²) >= 11 is 1.60. The summed E-state index contributed by atoms with van der Waals surface area (Å²) in [6.07, 6.45) is 0.858. The van der Waals surface area contributed by atoms with Gasteiger partial charge >= 0.3 is 0 Å². The van der Waals surface area contributed by atoms with E-state index in [9.17, 15) is 9.59 Å². The fraction of sp³-hybridized carbons (Fsp3) is 0.440. The summed E-state index contributed by atoms with van der Waals surface area (Å²) in [4.78, 5) is 27.6. The van der Waals surface area contributed by atoms with E-state index >= 15 is 0 Å². The zero-order chi connectivity index (χ0) is 22.1. The third-order valence-electron chi connectivity index (χ3n) is 5.51. The second kappa shape index (κ2) is 11.8. The highest BCUT2D eigenvalue weighted by Gasteiger charge is 2.27. The van der Waals surface area contributed by atoms with E-state index in [-0.39, 0.29) is 17.9 Å². The maximum Gasteiger partial charge on any atom is 0.242 e. The largest absolute Gasteiger partial charge is 0.352 e. The number of rotatable bonds is 10. The molecule has 0 radical (unpaired) electrons. The van der Waals surface area contributed by atoms with Crippen LogP contribution in [0.1, 0.15) is 49.4 Å². The minimum atomic E-state index is -0.523. The van der Waals surface area contributed by atoms with Crippen molar-refractivity contribution in [1.82, 2.24) is 10.2 Å². The molecule has 0 aliphatic carbocycles. The quantitative estimate of drug-likeness (QED) is 0.590. The Kier molecular flexibility index (Phi) is 9.44. The summed E-state index contributed by atoms with van der Waals surface area (Å²) in [6, 6.07) is 15.8. The van der Waals surface area contributed by atoms with E-state index in [1.54, 1.807) is 16.7 Å². The van der Waals surface area contributed by atoms with Crippen molar-refractivity contribution in [1.29, 1.82) is 0 Å². The zero-order valence-electron chi connectivity index (χ0n) is 18.8. The van der Waals surface area contributed by atoms with Crippen LogP contribution in [0.25, 0.3) is 0 Å². The number of thioether (sulfide) groups is 1. The van der Waals surface area contributed by atoms with Gasteiger partial charge in [-0.05, 0) is 56.4 Å². The molecule has 30 heavy (non-hydrogen) atoms. The summed E-state index contributed by atoms with van der Waals surface area (Å²) < 4.78 is 0. The maximum atomic E-state index is 13.2. The standard InChI is InChI=1S/C25H34N2O2S/c1-6-20(4)26-25(29)21(5)27(15-22-13-9-7-11-18(22)2)24(28)17-30-16-23-14-10-8-12-19(23)3/h7-14,20-21H,6,15-17H2,1-5H3,(H,26,29)/t20-,21+/m1/s1. The van der Waals surface area contributed by atoms with E-state index in [1.165, 1.54) is 11.1 Å². The first-order chi connectivity index (χ1) is 14.3. The van der Waals surface area contributed by atoms with E-state index in [0.717, 1.165) is 23.3 Å². The van der Waals surface area contributed by atoms with Gasteiger partial charge < -0.3 is 10.2 Å². The normalized spacial score (nSPS) is 12.8. The maximum absolute atomic E-state index is 13.2. The number of nitrogens with one attached hydrogen (secondary N) is 1. The Balaban J connectivity index is 2.10. The number of benzene rings is 2. The van der Waals surface area contributed by atoms with Gasteiger partial charge in [0.2, 0.25) is 11.8 Å². The Morgan fingerprint density at radius 3 is 2.10 bits per heavy atom. The first-order valence-corrected chi connectivity index (χ1v) is 11.8. The molecule has 1 N–H and O–H groups in total. The molecule has 4 nitrogen and oxygen atoms in total. The van der Waals surface area contributed by atoms with Gasteiger partial charge in [0.15, 0.2) is 0 Å². The number of carbonyl (C=O) groups excluding carboxylic acids is 2. The minimum absolute atomic E-state index is 0.0105. The van der Waals surface area contributed by atoms with Crippen LogP contribution in [0.4, 0.5) is 0 Å². The van der Waals surface area contributed by atoms with Crippen LogP contribution < -0.4 is 5.32 Å². The number of nitrogens with zero attached hydrogens (tertiary/aromatic N) is 1. The lowest BCUT2D eigenvalue weighted by atomic mass is 10.1. The van der Waals surface area contributed by atoms with E-state index in [0.29, 0.717) is 12.3 Å². The summed E-state index contributed by atoms with van der Waals surface area (Å²) in [6.45, 7) is 10.4. The molecule has 0 fully saturated rings. The molecular weight excluding hydrogens is 392 g/mol. The average molecular weight is 427 g/mol. The Hall–Kier alpha value is -2.27. The van der Waals surface area contributed by atoms with Crippen molar-refractivity contribution in [3.05, 3.63) is 70.8 Å². The first-order valence-electron chi connectivity index (χ1n) is 10.6. The van der Waals surface area contributed by atoms with Gasteiger partial charge in [0.1, 0.15) is 6.04 Å². The topological polar surface area (TPSA) is 49.4 Å². The first kappa shape index (κ1) is 24.0. The Bertz CT molecular complexity index is 853. The third-order valence-corrected chi connectivity index (χ3v) is 6.48. The number of aryl methyl sites for hydroxylation is 2. The highest BCUT2D eigenvalue weighted by molar-refractivity contribution is 7.99. The monoisotopic (exact) mass is 426 g/mol. The molecule has 0 spiro atoms. The van der Waals surface area contributed by atoms with Crippen molar-refractivity contribution in [3.63, 3.8) is 0 Å². The van der Waals surface area contributed by atoms with Crippen molar-refractivity contribution in [2.24, 2.45) is 0 Å². The number of hydrogen-bond acceptors (Lipinski definition) is 3. The Morgan fingerprint density at radius 2 is 1.53 bits per heavy atom. The molecular formula is C25H34N2O2S. The van der Waals surface area contributed by atoms with Gasteiger partial charge in [-0.2, -0.15) is 0 Å². The molecule has 0 bridgehead atoms. The lowest BCUT2D eigenvalue weighted by Gasteiger charge is -2.30. The van der Waals surface area contributed by atoms with E-state index in [1.807, 2.05) is 64.1 Å². The number of carbonyl (C=O) groups is 2.